The van der Waals surface area contributed by atoms with Crippen molar-refractivity contribution >= 4 is 28.5 Å². The van der Waals surface area contributed by atoms with Gasteiger partial charge in [0, 0.05) is 24.2 Å². The highest BCUT2D eigenvalue weighted by Crippen LogP contribution is 2.35. The molecular weight excluding hydrogens is 550 g/mol. The lowest BCUT2D eigenvalue weighted by Gasteiger charge is -2.26. The van der Waals surface area contributed by atoms with E-state index in [1.807, 2.05) is 26.8 Å². The lowest BCUT2D eigenvalue weighted by atomic mass is 10.2. The van der Waals surface area contributed by atoms with Crippen LogP contribution >= 0.6 is 0 Å². The van der Waals surface area contributed by atoms with Crippen molar-refractivity contribution < 1.29 is 22.6 Å². The fourth-order valence-electron chi connectivity index (χ4n) is 3.72. The summed E-state index contributed by atoms with van der Waals surface area (Å²) in [7, 11) is -1.39. The van der Waals surface area contributed by atoms with E-state index in [0.29, 0.717) is 5.56 Å². The van der Waals surface area contributed by atoms with Gasteiger partial charge in [-0.1, -0.05) is 5.57 Å². The highest BCUT2D eigenvalue weighted by Gasteiger charge is 2.36. The molecule has 0 aliphatic rings. The van der Waals surface area contributed by atoms with Crippen LogP contribution in [0.15, 0.2) is 46.5 Å². The summed E-state index contributed by atoms with van der Waals surface area (Å²) in [5.74, 6) is 0.384. The zero-order valence-corrected chi connectivity index (χ0v) is 25.2. The van der Waals surface area contributed by atoms with Gasteiger partial charge in [-0.3, -0.25) is 14.3 Å². The normalized spacial score (nSPS) is 13.4. The predicted octanol–water partition coefficient (Wildman–Crippen LogP) is 3.39. The van der Waals surface area contributed by atoms with Gasteiger partial charge in [0.15, 0.2) is 17.3 Å². The van der Waals surface area contributed by atoms with Crippen LogP contribution in [-0.4, -0.2) is 82.4 Å². The van der Waals surface area contributed by atoms with Gasteiger partial charge in [0.2, 0.25) is 27.7 Å². The Kier molecular flexibility index (Phi) is 10.2. The van der Waals surface area contributed by atoms with E-state index in [0.717, 1.165) is 11.1 Å². The molecule has 0 aromatic carbocycles. The maximum Gasteiger partial charge on any atom is 0.245 e. The Morgan fingerprint density at radius 3 is 2.29 bits per heavy atom. The number of aliphatic imine (C=N–C) groups is 2. The molecule has 0 bridgehead atoms. The second-order valence-electron chi connectivity index (χ2n) is 9.48. The summed E-state index contributed by atoms with van der Waals surface area (Å²) < 4.78 is 48.6. The number of sulfonamides is 1. The Morgan fingerprint density at radius 2 is 1.76 bits per heavy atom. The molecule has 0 aliphatic carbocycles. The number of methoxy groups -OCH3 is 2. The molecule has 0 aliphatic heterocycles. The van der Waals surface area contributed by atoms with Crippen LogP contribution < -0.4 is 14.2 Å². The van der Waals surface area contributed by atoms with Crippen molar-refractivity contribution in [2.75, 3.05) is 18.9 Å². The summed E-state index contributed by atoms with van der Waals surface area (Å²) in [5.41, 5.74) is 2.47. The average molecular weight is 586 g/mol. The van der Waals surface area contributed by atoms with Crippen LogP contribution in [0.4, 0.5) is 5.95 Å². The molecule has 0 spiro atoms. The maximum atomic E-state index is 13.9. The van der Waals surface area contributed by atoms with Crippen molar-refractivity contribution in [2.45, 2.75) is 59.0 Å². The summed E-state index contributed by atoms with van der Waals surface area (Å²) >= 11 is 0. The molecule has 2 atom stereocenters. The largest absolute Gasteiger partial charge is 0.479 e. The minimum Gasteiger partial charge on any atom is -0.479 e. The van der Waals surface area contributed by atoms with E-state index >= 15 is 0 Å². The van der Waals surface area contributed by atoms with E-state index in [2.05, 4.69) is 46.6 Å². The van der Waals surface area contributed by atoms with Crippen LogP contribution in [0.25, 0.3) is 17.1 Å². The molecule has 3 aromatic heterocycles. The van der Waals surface area contributed by atoms with Crippen LogP contribution in [0.5, 0.6) is 11.8 Å². The highest BCUT2D eigenvalue weighted by molar-refractivity contribution is 7.93. The van der Waals surface area contributed by atoms with Gasteiger partial charge in [0.1, 0.15) is 17.7 Å². The number of amidine groups is 1. The van der Waals surface area contributed by atoms with E-state index in [9.17, 15) is 8.42 Å². The second-order valence-corrected chi connectivity index (χ2v) is 11.5. The fourth-order valence-corrected chi connectivity index (χ4v) is 4.80. The molecule has 0 saturated heterocycles. The standard InChI is InChI=1S/C26H35N9O5S/c1-15(2)11-29-22(27-7)21(40-16(3)4)18(6)41(36,37)34-26-33-32-23(19-10-17(5)12-28-13-19)35(26)20-24(38-8)30-14-31-25(20)39-9/h10-14,16,18,21H,7H2,1-6,8-9H3,(H,33,34)/b29-22-/t18-,21+/m0/s1. The number of nitrogens with zero attached hydrogens (tertiary/aromatic N) is 8. The van der Waals surface area contributed by atoms with Crippen LogP contribution in [0.1, 0.15) is 40.2 Å². The predicted molar refractivity (Wildman–Crippen MR) is 156 cm³/mol. The third-order valence-electron chi connectivity index (χ3n) is 5.60. The Morgan fingerprint density at radius 1 is 1.10 bits per heavy atom. The molecule has 0 saturated carbocycles. The molecule has 41 heavy (non-hydrogen) atoms. The zero-order valence-electron chi connectivity index (χ0n) is 24.4. The lowest BCUT2D eigenvalue weighted by Crippen LogP contribution is -2.43. The molecule has 0 unspecified atom stereocenters. The van der Waals surface area contributed by atoms with Crippen molar-refractivity contribution in [3.63, 3.8) is 0 Å². The minimum atomic E-state index is -4.22. The van der Waals surface area contributed by atoms with Crippen molar-refractivity contribution in [3.8, 4) is 28.8 Å². The molecule has 0 radical (unpaired) electrons. The molecule has 14 nitrogen and oxygen atoms in total. The minimum absolute atomic E-state index is 0.0972. The first-order valence-electron chi connectivity index (χ1n) is 12.6. The smallest absolute Gasteiger partial charge is 0.245 e. The summed E-state index contributed by atoms with van der Waals surface area (Å²) in [4.78, 5) is 20.9. The number of allylic oxidation sites excluding steroid dienone is 1. The fraction of sp³-hybridized carbons (Fsp3) is 0.423. The molecule has 3 rings (SSSR count). The first kappa shape index (κ1) is 31.3. The van der Waals surface area contributed by atoms with Gasteiger partial charge in [-0.25, -0.2) is 18.4 Å². The quantitative estimate of drug-likeness (QED) is 0.246. The number of pyridine rings is 1. The molecule has 0 amide bonds. The van der Waals surface area contributed by atoms with Gasteiger partial charge in [-0.15, -0.1) is 10.2 Å². The molecule has 0 fully saturated rings. The number of rotatable bonds is 12. The van der Waals surface area contributed by atoms with E-state index in [1.54, 1.807) is 32.4 Å². The maximum absolute atomic E-state index is 13.9. The number of hydrogen-bond acceptors (Lipinski definition) is 11. The topological polar surface area (TPSA) is 168 Å². The monoisotopic (exact) mass is 585 g/mol. The van der Waals surface area contributed by atoms with Crippen molar-refractivity contribution in [3.05, 3.63) is 42.1 Å². The second kappa shape index (κ2) is 13.4. The van der Waals surface area contributed by atoms with E-state index in [1.165, 1.54) is 32.0 Å². The van der Waals surface area contributed by atoms with E-state index in [4.69, 9.17) is 14.2 Å². The molecule has 3 heterocycles. The average Bonchev–Trinajstić information content (AvgIpc) is 3.33. The van der Waals surface area contributed by atoms with Gasteiger partial charge < -0.3 is 14.2 Å². The first-order chi connectivity index (χ1) is 19.4. The summed E-state index contributed by atoms with van der Waals surface area (Å²) in [6.07, 6.45) is 4.69. The van der Waals surface area contributed by atoms with Crippen LogP contribution in [0.2, 0.25) is 0 Å². The Hall–Kier alpha value is -4.24. The number of hydrogen-bond donors (Lipinski definition) is 1. The Labute approximate surface area is 239 Å². The molecule has 15 heteroatoms. The van der Waals surface area contributed by atoms with Gasteiger partial charge in [-0.2, -0.15) is 9.97 Å². The summed E-state index contributed by atoms with van der Waals surface area (Å²) in [6, 6.07) is 1.82. The van der Waals surface area contributed by atoms with Crippen LogP contribution in [0, 0.1) is 6.92 Å². The van der Waals surface area contributed by atoms with Crippen molar-refractivity contribution in [1.29, 1.82) is 0 Å². The van der Waals surface area contributed by atoms with Gasteiger partial charge in [0.25, 0.3) is 0 Å². The third kappa shape index (κ3) is 7.29. The Balaban J connectivity index is 2.20. The number of aromatic nitrogens is 6. The first-order valence-corrected chi connectivity index (χ1v) is 14.1. The number of anilines is 1. The number of ether oxygens (including phenoxy) is 3. The lowest BCUT2D eigenvalue weighted by molar-refractivity contribution is 0.0459. The zero-order chi connectivity index (χ0) is 30.3. The van der Waals surface area contributed by atoms with Crippen molar-refractivity contribution in [2.24, 2.45) is 9.98 Å². The van der Waals surface area contributed by atoms with E-state index < -0.39 is 21.4 Å². The molecule has 220 valence electrons. The third-order valence-corrected chi connectivity index (χ3v) is 7.29. The number of nitrogens with one attached hydrogen (secondary N) is 1. The molecular formula is C26H35N9O5S. The van der Waals surface area contributed by atoms with Gasteiger partial charge in [0.05, 0.1) is 20.3 Å². The van der Waals surface area contributed by atoms with Gasteiger partial charge >= 0.3 is 0 Å². The van der Waals surface area contributed by atoms with Gasteiger partial charge in [-0.05, 0) is 59.9 Å². The highest BCUT2D eigenvalue weighted by atomic mass is 32.2. The van der Waals surface area contributed by atoms with Crippen molar-refractivity contribution in [1.82, 2.24) is 29.7 Å². The molecule has 1 N–H and O–H groups in total. The van der Waals surface area contributed by atoms with E-state index in [-0.39, 0.29) is 41.2 Å². The summed E-state index contributed by atoms with van der Waals surface area (Å²) in [6.45, 7) is 14.2. The molecule has 3 aromatic rings. The SMILES string of the molecule is C=N/C(=N\C=C(C)C)[C@H](OC(C)C)[C@H](C)S(=O)(=O)Nc1nnc(-c2cncc(C)c2)n1-c1c(OC)ncnc1OC. The summed E-state index contributed by atoms with van der Waals surface area (Å²) in [5, 5.41) is 7.26. The van der Waals surface area contributed by atoms with Crippen LogP contribution in [-0.2, 0) is 14.8 Å². The Bertz CT molecular complexity index is 1520. The number of aryl methyl sites for hydroxylation is 1. The van der Waals surface area contributed by atoms with Crippen LogP contribution in [0.3, 0.4) is 0 Å².